The molecular weight excluding hydrogens is 264 g/mol. The largest absolute Gasteiger partial charge is 0.379 e. The molecule has 3 unspecified atom stereocenters. The molecule has 0 spiro atoms. The van der Waals surface area contributed by atoms with E-state index in [1.165, 1.54) is 5.56 Å². The zero-order chi connectivity index (χ0) is 14.9. The lowest BCUT2D eigenvalue weighted by Gasteiger charge is -2.34. The fourth-order valence-corrected chi connectivity index (χ4v) is 3.44. The van der Waals surface area contributed by atoms with Crippen molar-refractivity contribution < 1.29 is 9.53 Å². The summed E-state index contributed by atoms with van der Waals surface area (Å²) in [5.41, 5.74) is 6.84. The van der Waals surface area contributed by atoms with Gasteiger partial charge in [0.2, 0.25) is 5.91 Å². The highest BCUT2D eigenvalue weighted by molar-refractivity contribution is 5.84. The van der Waals surface area contributed by atoms with E-state index in [9.17, 15) is 4.79 Å². The van der Waals surface area contributed by atoms with Crippen molar-refractivity contribution in [2.24, 2.45) is 11.1 Å². The van der Waals surface area contributed by atoms with Gasteiger partial charge < -0.3 is 15.4 Å². The molecular formula is C17H24N2O2. The first kappa shape index (κ1) is 14.5. The van der Waals surface area contributed by atoms with Crippen molar-refractivity contribution in [3.63, 3.8) is 0 Å². The normalized spacial score (nSPS) is 32.6. The molecule has 1 aromatic rings. The Morgan fingerprint density at radius 2 is 2.19 bits per heavy atom. The Bertz CT molecular complexity index is 505. The van der Waals surface area contributed by atoms with Crippen molar-refractivity contribution in [2.45, 2.75) is 38.3 Å². The lowest BCUT2D eigenvalue weighted by atomic mass is 9.84. The molecule has 0 aromatic heterocycles. The van der Waals surface area contributed by atoms with Crippen molar-refractivity contribution in [1.29, 1.82) is 0 Å². The summed E-state index contributed by atoms with van der Waals surface area (Å²) in [6, 6.07) is 10.5. The van der Waals surface area contributed by atoms with Gasteiger partial charge in [0.25, 0.3) is 0 Å². The zero-order valence-corrected chi connectivity index (χ0v) is 12.6. The van der Waals surface area contributed by atoms with Gasteiger partial charge in [0, 0.05) is 18.6 Å². The first-order chi connectivity index (χ1) is 10.1. The highest BCUT2D eigenvalue weighted by atomic mass is 16.5. The second-order valence-electron chi connectivity index (χ2n) is 6.52. The van der Waals surface area contributed by atoms with Crippen LogP contribution in [0.5, 0.6) is 0 Å². The fraction of sp³-hybridized carbons (Fsp3) is 0.588. The molecule has 3 atom stereocenters. The molecule has 21 heavy (non-hydrogen) atoms. The Balaban J connectivity index is 1.73. The molecule has 0 saturated carbocycles. The van der Waals surface area contributed by atoms with E-state index in [2.05, 4.69) is 24.3 Å². The van der Waals surface area contributed by atoms with Gasteiger partial charge in [0.1, 0.15) is 0 Å². The van der Waals surface area contributed by atoms with Crippen LogP contribution in [0.15, 0.2) is 30.3 Å². The third-order valence-electron chi connectivity index (χ3n) is 4.96. The highest BCUT2D eigenvalue weighted by Crippen LogP contribution is 2.33. The second-order valence-corrected chi connectivity index (χ2v) is 6.52. The molecule has 2 heterocycles. The van der Waals surface area contributed by atoms with E-state index in [4.69, 9.17) is 10.5 Å². The minimum absolute atomic E-state index is 0.172. The number of nitrogens with zero attached hydrogens (tertiary/aromatic N) is 1. The van der Waals surface area contributed by atoms with Gasteiger partial charge in [-0.1, -0.05) is 30.3 Å². The van der Waals surface area contributed by atoms with Crippen LogP contribution in [0, 0.1) is 5.41 Å². The van der Waals surface area contributed by atoms with Crippen molar-refractivity contribution in [1.82, 2.24) is 4.90 Å². The van der Waals surface area contributed by atoms with E-state index in [0.717, 1.165) is 25.8 Å². The molecule has 4 heteroatoms. The number of carbonyl (C=O) groups excluding carboxylic acids is 1. The topological polar surface area (TPSA) is 55.6 Å². The molecule has 4 nitrogen and oxygen atoms in total. The van der Waals surface area contributed by atoms with Gasteiger partial charge in [-0.15, -0.1) is 0 Å². The molecule has 2 fully saturated rings. The summed E-state index contributed by atoms with van der Waals surface area (Å²) in [4.78, 5) is 15.0. The van der Waals surface area contributed by atoms with Crippen LogP contribution in [0.1, 0.15) is 25.3 Å². The summed E-state index contributed by atoms with van der Waals surface area (Å²) in [5, 5.41) is 0. The first-order valence-electron chi connectivity index (χ1n) is 7.79. The first-order valence-corrected chi connectivity index (χ1v) is 7.79. The Hall–Kier alpha value is -1.39. The molecule has 0 bridgehead atoms. The number of hydrogen-bond acceptors (Lipinski definition) is 3. The SMILES string of the molecule is CC1(C(=O)N2CCCC2Cc2ccccc2)COCC1N. The Morgan fingerprint density at radius 1 is 1.43 bits per heavy atom. The van der Waals surface area contributed by atoms with Crippen molar-refractivity contribution >= 4 is 5.91 Å². The number of carbonyl (C=O) groups is 1. The van der Waals surface area contributed by atoms with Gasteiger partial charge in [0.05, 0.1) is 18.6 Å². The average molecular weight is 288 g/mol. The van der Waals surface area contributed by atoms with Gasteiger partial charge in [-0.05, 0) is 31.7 Å². The lowest BCUT2D eigenvalue weighted by molar-refractivity contribution is -0.142. The summed E-state index contributed by atoms with van der Waals surface area (Å²) in [7, 11) is 0. The predicted molar refractivity (Wildman–Crippen MR) is 81.8 cm³/mol. The third-order valence-corrected chi connectivity index (χ3v) is 4.96. The molecule has 1 amide bonds. The van der Waals surface area contributed by atoms with E-state index in [1.807, 2.05) is 17.9 Å². The van der Waals surface area contributed by atoms with Gasteiger partial charge in [-0.3, -0.25) is 4.79 Å². The number of ether oxygens (including phenoxy) is 1. The monoisotopic (exact) mass is 288 g/mol. The Labute approximate surface area is 126 Å². The predicted octanol–water partition coefficient (Wildman–Crippen LogP) is 1.58. The molecule has 0 radical (unpaired) electrons. The van der Waals surface area contributed by atoms with Crippen molar-refractivity contribution in [3.8, 4) is 0 Å². The smallest absolute Gasteiger partial charge is 0.232 e. The van der Waals surface area contributed by atoms with Gasteiger partial charge in [0.15, 0.2) is 0 Å². The van der Waals surface area contributed by atoms with Crippen LogP contribution in [0.4, 0.5) is 0 Å². The van der Waals surface area contributed by atoms with Gasteiger partial charge in [-0.25, -0.2) is 0 Å². The van der Waals surface area contributed by atoms with E-state index in [0.29, 0.717) is 19.3 Å². The number of likely N-dealkylation sites (tertiary alicyclic amines) is 1. The second kappa shape index (κ2) is 5.78. The van der Waals surface area contributed by atoms with Crippen LogP contribution in [-0.4, -0.2) is 42.6 Å². The van der Waals surface area contributed by atoms with Crippen LogP contribution < -0.4 is 5.73 Å². The van der Waals surface area contributed by atoms with E-state index < -0.39 is 5.41 Å². The summed E-state index contributed by atoms with van der Waals surface area (Å²) in [5.74, 6) is 0.172. The van der Waals surface area contributed by atoms with Gasteiger partial charge >= 0.3 is 0 Å². The third kappa shape index (κ3) is 2.70. The Morgan fingerprint density at radius 3 is 2.86 bits per heavy atom. The zero-order valence-electron chi connectivity index (χ0n) is 12.6. The molecule has 114 valence electrons. The van der Waals surface area contributed by atoms with Crippen LogP contribution >= 0.6 is 0 Å². The number of benzene rings is 1. The van der Waals surface area contributed by atoms with E-state index >= 15 is 0 Å². The maximum atomic E-state index is 12.9. The fourth-order valence-electron chi connectivity index (χ4n) is 3.44. The molecule has 1 aromatic carbocycles. The highest BCUT2D eigenvalue weighted by Gasteiger charge is 2.48. The molecule has 3 rings (SSSR count). The molecule has 2 aliphatic heterocycles. The van der Waals surface area contributed by atoms with E-state index in [-0.39, 0.29) is 11.9 Å². The van der Waals surface area contributed by atoms with Crippen LogP contribution in [0.2, 0.25) is 0 Å². The minimum Gasteiger partial charge on any atom is -0.379 e. The summed E-state index contributed by atoms with van der Waals surface area (Å²) < 4.78 is 5.43. The maximum absolute atomic E-state index is 12.9. The summed E-state index contributed by atoms with van der Waals surface area (Å²) in [6.45, 7) is 3.73. The quantitative estimate of drug-likeness (QED) is 0.919. The number of hydrogen-bond donors (Lipinski definition) is 1. The number of amides is 1. The van der Waals surface area contributed by atoms with Crippen LogP contribution in [0.3, 0.4) is 0 Å². The molecule has 2 aliphatic rings. The molecule has 2 saturated heterocycles. The maximum Gasteiger partial charge on any atom is 0.232 e. The average Bonchev–Trinajstić information content (AvgIpc) is 3.08. The molecule has 2 N–H and O–H groups in total. The molecule has 0 aliphatic carbocycles. The van der Waals surface area contributed by atoms with Gasteiger partial charge in [-0.2, -0.15) is 0 Å². The summed E-state index contributed by atoms with van der Waals surface area (Å²) in [6.07, 6.45) is 3.08. The van der Waals surface area contributed by atoms with Crippen molar-refractivity contribution in [3.05, 3.63) is 35.9 Å². The van der Waals surface area contributed by atoms with E-state index in [1.54, 1.807) is 0 Å². The van der Waals surface area contributed by atoms with Crippen LogP contribution in [0.25, 0.3) is 0 Å². The Kier molecular flexibility index (Phi) is 4.00. The van der Waals surface area contributed by atoms with Crippen LogP contribution in [-0.2, 0) is 16.0 Å². The summed E-state index contributed by atoms with van der Waals surface area (Å²) >= 11 is 0. The lowest BCUT2D eigenvalue weighted by Crippen LogP contribution is -2.53. The minimum atomic E-state index is -0.556. The number of nitrogens with two attached hydrogens (primary N) is 1. The number of rotatable bonds is 3. The standard InChI is InChI=1S/C17H24N2O2/c1-17(12-21-11-15(17)18)16(20)19-9-5-8-14(19)10-13-6-3-2-4-7-13/h2-4,6-7,14-15H,5,8-12,18H2,1H3. The van der Waals surface area contributed by atoms with Crippen molar-refractivity contribution in [2.75, 3.05) is 19.8 Å².